The van der Waals surface area contributed by atoms with Crippen LogP contribution in [0.3, 0.4) is 0 Å². The predicted molar refractivity (Wildman–Crippen MR) is 33.6 cm³/mol. The Hall–Kier alpha value is -0.790. The summed E-state index contributed by atoms with van der Waals surface area (Å²) < 4.78 is 0. The van der Waals surface area contributed by atoms with Crippen LogP contribution in [-0.2, 0) is 4.79 Å². The zero-order valence-electron chi connectivity index (χ0n) is 5.18. The van der Waals surface area contributed by atoms with Crippen LogP contribution in [0.5, 0.6) is 0 Å². The summed E-state index contributed by atoms with van der Waals surface area (Å²) in [6, 6.07) is 0. The van der Waals surface area contributed by atoms with Crippen LogP contribution in [0.15, 0.2) is 11.8 Å². The van der Waals surface area contributed by atoms with Gasteiger partial charge in [-0.15, -0.1) is 0 Å². The first kappa shape index (κ1) is 5.03. The van der Waals surface area contributed by atoms with Crippen LogP contribution >= 0.6 is 0 Å². The third-order valence-corrected chi connectivity index (χ3v) is 2.02. The van der Waals surface area contributed by atoms with Crippen molar-refractivity contribution < 1.29 is 4.79 Å². The summed E-state index contributed by atoms with van der Waals surface area (Å²) >= 11 is 0. The summed E-state index contributed by atoms with van der Waals surface area (Å²) in [5.74, 6) is 0.486. The first-order valence-electron chi connectivity index (χ1n) is 3.39. The molecule has 1 aliphatic heterocycles. The van der Waals surface area contributed by atoms with E-state index in [0.717, 1.165) is 12.8 Å². The number of allylic oxidation sites excluding steroid dienone is 1. The Morgan fingerprint density at radius 2 is 2.56 bits per heavy atom. The van der Waals surface area contributed by atoms with E-state index in [2.05, 4.69) is 11.4 Å². The highest BCUT2D eigenvalue weighted by Gasteiger charge is 2.34. The van der Waals surface area contributed by atoms with Crippen LogP contribution in [0.25, 0.3) is 0 Å². The Bertz CT molecular complexity index is 183. The van der Waals surface area contributed by atoms with E-state index in [1.807, 2.05) is 0 Å². The van der Waals surface area contributed by atoms with E-state index in [9.17, 15) is 4.79 Å². The maximum Gasteiger partial charge on any atom is 0.233 e. The Morgan fingerprint density at radius 3 is 3.11 bits per heavy atom. The molecule has 9 heavy (non-hydrogen) atoms. The number of hydrogen-bond donors (Lipinski definition) is 1. The quantitative estimate of drug-likeness (QED) is 0.474. The Balaban J connectivity index is 2.20. The molecule has 0 aromatic rings. The van der Waals surface area contributed by atoms with E-state index in [1.165, 1.54) is 12.1 Å². The average Bonchev–Trinajstić information content (AvgIpc) is 1.86. The number of β-lactam (4-membered cyclic amide) rings is 1. The normalized spacial score (nSPS) is 31.8. The molecule has 2 aliphatic rings. The maximum atomic E-state index is 10.7. The van der Waals surface area contributed by atoms with Crippen molar-refractivity contribution in [2.24, 2.45) is 5.92 Å². The monoisotopic (exact) mass is 123 g/mol. The smallest absolute Gasteiger partial charge is 0.233 e. The second-order valence-corrected chi connectivity index (χ2v) is 2.63. The van der Waals surface area contributed by atoms with Crippen molar-refractivity contribution in [1.82, 2.24) is 5.32 Å². The summed E-state index contributed by atoms with van der Waals surface area (Å²) in [7, 11) is 0. The molecule has 1 saturated heterocycles. The molecule has 1 amide bonds. The summed E-state index contributed by atoms with van der Waals surface area (Å²) in [5.41, 5.74) is 1.17. The molecule has 1 N–H and O–H groups in total. The van der Waals surface area contributed by atoms with E-state index in [-0.39, 0.29) is 11.8 Å². The van der Waals surface area contributed by atoms with Crippen molar-refractivity contribution in [3.05, 3.63) is 11.8 Å². The van der Waals surface area contributed by atoms with E-state index in [4.69, 9.17) is 0 Å². The second kappa shape index (κ2) is 1.59. The fraction of sp³-hybridized carbons (Fsp3) is 0.571. The van der Waals surface area contributed by atoms with Crippen LogP contribution in [0.2, 0.25) is 0 Å². The number of hydrogen-bond acceptors (Lipinski definition) is 1. The van der Waals surface area contributed by atoms with Gasteiger partial charge in [-0.3, -0.25) is 4.79 Å². The third-order valence-electron chi connectivity index (χ3n) is 2.02. The molecule has 1 aliphatic carbocycles. The topological polar surface area (TPSA) is 29.1 Å². The van der Waals surface area contributed by atoms with Gasteiger partial charge in [-0.25, -0.2) is 0 Å². The highest BCUT2D eigenvalue weighted by atomic mass is 16.2. The number of carbonyl (C=O) groups is 1. The number of rotatable bonds is 0. The van der Waals surface area contributed by atoms with Gasteiger partial charge in [0, 0.05) is 5.70 Å². The SMILES string of the molecule is O=C1NC2=CCCCC12. The first-order valence-corrected chi connectivity index (χ1v) is 3.39. The lowest BCUT2D eigenvalue weighted by Crippen LogP contribution is -2.47. The number of amides is 1. The Kier molecular flexibility index (Phi) is 0.891. The number of fused-ring (bicyclic) bond motifs is 1. The molecule has 0 aromatic carbocycles. The average molecular weight is 123 g/mol. The molecule has 1 fully saturated rings. The standard InChI is InChI=1S/C7H9NO/c9-7-5-3-1-2-4-6(5)8-7/h4-5H,1-3H2,(H,8,9). The molecule has 0 radical (unpaired) electrons. The van der Waals surface area contributed by atoms with Crippen molar-refractivity contribution in [2.45, 2.75) is 19.3 Å². The first-order chi connectivity index (χ1) is 4.38. The summed E-state index contributed by atoms with van der Waals surface area (Å²) in [6.45, 7) is 0. The van der Waals surface area contributed by atoms with E-state index >= 15 is 0 Å². The molecule has 0 saturated carbocycles. The van der Waals surface area contributed by atoms with E-state index in [1.54, 1.807) is 0 Å². The zero-order valence-corrected chi connectivity index (χ0v) is 5.18. The van der Waals surface area contributed by atoms with Gasteiger partial charge in [0.2, 0.25) is 5.91 Å². The van der Waals surface area contributed by atoms with Gasteiger partial charge < -0.3 is 5.32 Å². The van der Waals surface area contributed by atoms with Gasteiger partial charge in [-0.2, -0.15) is 0 Å². The molecule has 0 spiro atoms. The molecule has 1 heterocycles. The molecule has 2 heteroatoms. The van der Waals surface area contributed by atoms with Gasteiger partial charge >= 0.3 is 0 Å². The molecule has 1 unspecified atom stereocenters. The van der Waals surface area contributed by atoms with Gasteiger partial charge in [-0.05, 0) is 19.3 Å². The lowest BCUT2D eigenvalue weighted by Gasteiger charge is -2.32. The molecular weight excluding hydrogens is 114 g/mol. The van der Waals surface area contributed by atoms with Gasteiger partial charge in [-0.1, -0.05) is 6.08 Å². The summed E-state index contributed by atoms with van der Waals surface area (Å²) in [5, 5.41) is 2.77. The fourth-order valence-corrected chi connectivity index (χ4v) is 1.44. The zero-order chi connectivity index (χ0) is 6.27. The minimum absolute atomic E-state index is 0.223. The highest BCUT2D eigenvalue weighted by Crippen LogP contribution is 2.29. The van der Waals surface area contributed by atoms with Gasteiger partial charge in [0.1, 0.15) is 0 Å². The van der Waals surface area contributed by atoms with Crippen LogP contribution in [0.1, 0.15) is 19.3 Å². The van der Waals surface area contributed by atoms with Crippen LogP contribution in [0, 0.1) is 5.92 Å². The van der Waals surface area contributed by atoms with E-state index in [0.29, 0.717) is 0 Å². The van der Waals surface area contributed by atoms with Gasteiger partial charge in [0.25, 0.3) is 0 Å². The minimum atomic E-state index is 0.223. The summed E-state index contributed by atoms with van der Waals surface area (Å²) in [4.78, 5) is 10.7. The molecule has 0 bridgehead atoms. The molecule has 48 valence electrons. The van der Waals surface area contributed by atoms with Crippen LogP contribution < -0.4 is 5.32 Å². The maximum absolute atomic E-state index is 10.7. The third kappa shape index (κ3) is 0.590. The molecule has 2 nitrogen and oxygen atoms in total. The predicted octanol–water partition coefficient (Wildman–Crippen LogP) is 0.800. The van der Waals surface area contributed by atoms with Crippen molar-refractivity contribution in [3.8, 4) is 0 Å². The van der Waals surface area contributed by atoms with Gasteiger partial charge in [0.15, 0.2) is 0 Å². The van der Waals surface area contributed by atoms with Gasteiger partial charge in [0.05, 0.1) is 5.92 Å². The van der Waals surface area contributed by atoms with Crippen LogP contribution in [0.4, 0.5) is 0 Å². The molecular formula is C7H9NO. The number of nitrogens with one attached hydrogen (secondary N) is 1. The number of carbonyl (C=O) groups excluding carboxylic acids is 1. The van der Waals surface area contributed by atoms with Crippen molar-refractivity contribution in [1.29, 1.82) is 0 Å². The second-order valence-electron chi connectivity index (χ2n) is 2.63. The minimum Gasteiger partial charge on any atom is -0.329 e. The Morgan fingerprint density at radius 1 is 1.67 bits per heavy atom. The molecule has 1 atom stereocenters. The van der Waals surface area contributed by atoms with Crippen LogP contribution in [-0.4, -0.2) is 5.91 Å². The van der Waals surface area contributed by atoms with Crippen molar-refractivity contribution >= 4 is 5.91 Å². The summed E-state index contributed by atoms with van der Waals surface area (Å²) in [6.07, 6.45) is 5.53. The molecule has 0 aromatic heterocycles. The lowest BCUT2D eigenvalue weighted by atomic mass is 9.86. The lowest BCUT2D eigenvalue weighted by molar-refractivity contribution is -0.128. The van der Waals surface area contributed by atoms with Crippen molar-refractivity contribution in [2.75, 3.05) is 0 Å². The highest BCUT2D eigenvalue weighted by molar-refractivity contribution is 5.90. The largest absolute Gasteiger partial charge is 0.329 e. The van der Waals surface area contributed by atoms with E-state index < -0.39 is 0 Å². The molecule has 2 rings (SSSR count). The Labute approximate surface area is 53.9 Å². The van der Waals surface area contributed by atoms with Crippen molar-refractivity contribution in [3.63, 3.8) is 0 Å². The fourth-order valence-electron chi connectivity index (χ4n) is 1.44.